The summed E-state index contributed by atoms with van der Waals surface area (Å²) in [6.45, 7) is 0.453. The molecule has 0 spiro atoms. The van der Waals surface area contributed by atoms with Gasteiger partial charge in [-0.3, -0.25) is 4.68 Å². The van der Waals surface area contributed by atoms with Crippen molar-refractivity contribution < 1.29 is 19.0 Å². The molecular formula is C24H28FN5O3. The van der Waals surface area contributed by atoms with Gasteiger partial charge in [0, 0.05) is 24.8 Å². The molecule has 0 bridgehead atoms. The molecule has 0 unspecified atom stereocenters. The van der Waals surface area contributed by atoms with Crippen molar-refractivity contribution in [2.24, 2.45) is 0 Å². The lowest BCUT2D eigenvalue weighted by Gasteiger charge is -2.36. The molecule has 1 aliphatic rings. The van der Waals surface area contributed by atoms with Crippen LogP contribution >= 0.6 is 0 Å². The van der Waals surface area contributed by atoms with Crippen molar-refractivity contribution in [2.45, 2.75) is 50.5 Å². The van der Waals surface area contributed by atoms with E-state index in [1.54, 1.807) is 6.07 Å². The van der Waals surface area contributed by atoms with Crippen LogP contribution < -0.4 is 10.6 Å². The van der Waals surface area contributed by atoms with Gasteiger partial charge in [-0.05, 0) is 43.0 Å². The second kappa shape index (κ2) is 11.0. The van der Waals surface area contributed by atoms with Crippen LogP contribution in [-0.4, -0.2) is 51.0 Å². The standard InChI is InChI=1S/C24H28FN5O3/c25-18-7-4-8-19(14-18)26-24(32)27-22-10-9-21(33-23(22)16-31)11-12-30-15-20(28-29-30)13-17-5-2-1-3-6-17/h1-8,14-15,21-23,31H,9-13,16H2,(H2,26,27,32)/t21-,22+,23+/m1/s1. The van der Waals surface area contributed by atoms with Gasteiger partial charge >= 0.3 is 6.03 Å². The highest BCUT2D eigenvalue weighted by Gasteiger charge is 2.31. The van der Waals surface area contributed by atoms with Crippen LogP contribution in [0.3, 0.4) is 0 Å². The van der Waals surface area contributed by atoms with Gasteiger partial charge in [-0.25, -0.2) is 9.18 Å². The number of aryl methyl sites for hydroxylation is 1. The summed E-state index contributed by atoms with van der Waals surface area (Å²) < 4.78 is 21.1. The fraction of sp³-hybridized carbons (Fsp3) is 0.375. The SMILES string of the molecule is O=C(Nc1cccc(F)c1)N[C@H]1CC[C@H](CCn2cc(Cc3ccccc3)nn2)O[C@H]1CO. The molecule has 3 atom stereocenters. The topological polar surface area (TPSA) is 101 Å². The fourth-order valence-electron chi connectivity index (χ4n) is 4.02. The summed E-state index contributed by atoms with van der Waals surface area (Å²) in [7, 11) is 0. The monoisotopic (exact) mass is 453 g/mol. The minimum Gasteiger partial charge on any atom is -0.394 e. The maximum atomic E-state index is 13.3. The van der Waals surface area contributed by atoms with Crippen LogP contribution in [0, 0.1) is 5.82 Å². The van der Waals surface area contributed by atoms with Crippen LogP contribution in [0.2, 0.25) is 0 Å². The number of anilines is 1. The zero-order valence-corrected chi connectivity index (χ0v) is 18.2. The number of benzene rings is 2. The van der Waals surface area contributed by atoms with Gasteiger partial charge in [0.1, 0.15) is 11.9 Å². The summed E-state index contributed by atoms with van der Waals surface area (Å²) in [5, 5.41) is 23.7. The van der Waals surface area contributed by atoms with Gasteiger partial charge in [0.05, 0.1) is 24.4 Å². The molecule has 0 radical (unpaired) electrons. The molecule has 33 heavy (non-hydrogen) atoms. The highest BCUT2D eigenvalue weighted by molar-refractivity contribution is 5.89. The second-order valence-corrected chi connectivity index (χ2v) is 8.20. The number of hydrogen-bond acceptors (Lipinski definition) is 5. The minimum absolute atomic E-state index is 0.0479. The lowest BCUT2D eigenvalue weighted by molar-refractivity contribution is -0.0905. The van der Waals surface area contributed by atoms with Crippen molar-refractivity contribution >= 4 is 11.7 Å². The number of ether oxygens (including phenoxy) is 1. The lowest BCUT2D eigenvalue weighted by atomic mass is 9.97. The third-order valence-electron chi connectivity index (χ3n) is 5.69. The molecule has 3 aromatic rings. The van der Waals surface area contributed by atoms with Crippen LogP contribution in [0.15, 0.2) is 60.8 Å². The molecule has 3 N–H and O–H groups in total. The zero-order chi connectivity index (χ0) is 23.0. The quantitative estimate of drug-likeness (QED) is 0.487. The number of nitrogens with zero attached hydrogens (tertiary/aromatic N) is 3. The molecule has 9 heteroatoms. The van der Waals surface area contributed by atoms with Gasteiger partial charge < -0.3 is 20.5 Å². The van der Waals surface area contributed by atoms with Crippen molar-refractivity contribution in [3.8, 4) is 0 Å². The number of urea groups is 1. The Labute approximate surface area is 191 Å². The summed E-state index contributed by atoms with van der Waals surface area (Å²) >= 11 is 0. The van der Waals surface area contributed by atoms with Gasteiger partial charge in [0.25, 0.3) is 0 Å². The van der Waals surface area contributed by atoms with E-state index < -0.39 is 18.0 Å². The number of amides is 2. The van der Waals surface area contributed by atoms with Crippen LogP contribution in [0.4, 0.5) is 14.9 Å². The van der Waals surface area contributed by atoms with E-state index in [1.165, 1.54) is 23.8 Å². The maximum Gasteiger partial charge on any atom is 0.319 e. The Morgan fingerprint density at radius 1 is 1.18 bits per heavy atom. The maximum absolute atomic E-state index is 13.3. The molecular weight excluding hydrogens is 425 g/mol. The number of aliphatic hydroxyl groups excluding tert-OH is 1. The Hall–Kier alpha value is -3.30. The third kappa shape index (κ3) is 6.59. The van der Waals surface area contributed by atoms with Crippen molar-refractivity contribution in [2.75, 3.05) is 11.9 Å². The number of rotatable bonds is 8. The second-order valence-electron chi connectivity index (χ2n) is 8.20. The van der Waals surface area contributed by atoms with E-state index in [-0.39, 0.29) is 18.8 Å². The number of aliphatic hydroxyl groups is 1. The highest BCUT2D eigenvalue weighted by atomic mass is 19.1. The number of nitrogens with one attached hydrogen (secondary N) is 2. The predicted octanol–water partition coefficient (Wildman–Crippen LogP) is 3.13. The van der Waals surface area contributed by atoms with Gasteiger partial charge in [0.15, 0.2) is 0 Å². The van der Waals surface area contributed by atoms with Gasteiger partial charge in [0.2, 0.25) is 0 Å². The van der Waals surface area contributed by atoms with E-state index in [4.69, 9.17) is 4.74 Å². The minimum atomic E-state index is -0.508. The molecule has 2 aromatic carbocycles. The van der Waals surface area contributed by atoms with Crippen molar-refractivity contribution in [1.82, 2.24) is 20.3 Å². The average Bonchev–Trinajstić information content (AvgIpc) is 3.26. The molecule has 4 rings (SSSR count). The Balaban J connectivity index is 1.23. The summed E-state index contributed by atoms with van der Waals surface area (Å²) in [5.74, 6) is -0.426. The van der Waals surface area contributed by atoms with Gasteiger partial charge in [-0.1, -0.05) is 41.6 Å². The smallest absolute Gasteiger partial charge is 0.319 e. The molecule has 2 amide bonds. The Morgan fingerprint density at radius 2 is 2.03 bits per heavy atom. The van der Waals surface area contributed by atoms with E-state index in [9.17, 15) is 14.3 Å². The summed E-state index contributed by atoms with van der Waals surface area (Å²) in [4.78, 5) is 12.3. The molecule has 1 fully saturated rings. The Kier molecular flexibility index (Phi) is 7.64. The molecule has 1 aliphatic heterocycles. The van der Waals surface area contributed by atoms with Crippen molar-refractivity contribution in [3.05, 3.63) is 77.9 Å². The fourth-order valence-corrected chi connectivity index (χ4v) is 4.02. The molecule has 8 nitrogen and oxygen atoms in total. The first-order valence-electron chi connectivity index (χ1n) is 11.1. The average molecular weight is 454 g/mol. The van der Waals surface area contributed by atoms with Crippen LogP contribution in [0.25, 0.3) is 0 Å². The van der Waals surface area contributed by atoms with Crippen LogP contribution in [-0.2, 0) is 17.7 Å². The molecule has 2 heterocycles. The Bertz CT molecular complexity index is 1050. The Morgan fingerprint density at radius 3 is 2.82 bits per heavy atom. The van der Waals surface area contributed by atoms with Crippen molar-refractivity contribution in [3.63, 3.8) is 0 Å². The largest absolute Gasteiger partial charge is 0.394 e. The highest BCUT2D eigenvalue weighted by Crippen LogP contribution is 2.23. The molecule has 1 saturated heterocycles. The van der Waals surface area contributed by atoms with Crippen LogP contribution in [0.5, 0.6) is 0 Å². The number of carbonyl (C=O) groups is 1. The van der Waals surface area contributed by atoms with E-state index in [0.717, 1.165) is 25.0 Å². The van der Waals surface area contributed by atoms with Crippen molar-refractivity contribution in [1.29, 1.82) is 0 Å². The third-order valence-corrected chi connectivity index (χ3v) is 5.69. The number of carbonyl (C=O) groups excluding carboxylic acids is 1. The first-order chi connectivity index (χ1) is 16.1. The first-order valence-corrected chi connectivity index (χ1v) is 11.1. The summed E-state index contributed by atoms with van der Waals surface area (Å²) in [5.41, 5.74) is 2.46. The number of aromatic nitrogens is 3. The lowest BCUT2D eigenvalue weighted by Crippen LogP contribution is -2.52. The molecule has 0 saturated carbocycles. The normalized spacial score (nSPS) is 20.4. The zero-order valence-electron chi connectivity index (χ0n) is 18.2. The first kappa shape index (κ1) is 22.9. The number of hydrogen-bond donors (Lipinski definition) is 3. The van der Waals surface area contributed by atoms with E-state index in [1.807, 2.05) is 29.1 Å². The molecule has 0 aliphatic carbocycles. The summed E-state index contributed by atoms with van der Waals surface area (Å²) in [6.07, 6.45) is 4.27. The van der Waals surface area contributed by atoms with E-state index in [0.29, 0.717) is 18.7 Å². The van der Waals surface area contributed by atoms with E-state index in [2.05, 4.69) is 33.1 Å². The van der Waals surface area contributed by atoms with Gasteiger partial charge in [-0.2, -0.15) is 0 Å². The van der Waals surface area contributed by atoms with E-state index >= 15 is 0 Å². The predicted molar refractivity (Wildman–Crippen MR) is 121 cm³/mol. The molecule has 174 valence electrons. The van der Waals surface area contributed by atoms with Gasteiger partial charge in [-0.15, -0.1) is 5.10 Å². The molecule has 1 aromatic heterocycles. The summed E-state index contributed by atoms with van der Waals surface area (Å²) in [6, 6.07) is 15.0. The number of halogens is 1. The van der Waals surface area contributed by atoms with Crippen LogP contribution in [0.1, 0.15) is 30.5 Å².